The number of anilines is 1. The van der Waals surface area contributed by atoms with Crippen LogP contribution in [0.3, 0.4) is 0 Å². The molecule has 2 N–H and O–H groups in total. The zero-order valence-electron chi connectivity index (χ0n) is 10.2. The Balaban J connectivity index is 1.81. The molecule has 1 aromatic rings. The number of aliphatic hydroxyl groups excluding tert-OH is 1. The van der Waals surface area contributed by atoms with Gasteiger partial charge in [0.05, 0.1) is 21.8 Å². The standard InChI is InChI=1S/C13H18Cl2N2O/c14-11-4-3-5-12(13(11)15)16-8-10(18)9-17-6-1-2-7-17/h3-5,10,16,18H,1-2,6-9H2. The number of hydrogen-bond donors (Lipinski definition) is 2. The van der Waals surface area contributed by atoms with Gasteiger partial charge in [0.2, 0.25) is 0 Å². The molecule has 0 radical (unpaired) electrons. The molecule has 5 heteroatoms. The molecule has 1 saturated heterocycles. The molecule has 1 aliphatic rings. The molecule has 3 nitrogen and oxygen atoms in total. The van der Waals surface area contributed by atoms with Crippen molar-refractivity contribution in [2.45, 2.75) is 18.9 Å². The molecule has 1 fully saturated rings. The third-order valence-corrected chi connectivity index (χ3v) is 3.97. The van der Waals surface area contributed by atoms with Gasteiger partial charge in [0, 0.05) is 13.1 Å². The molecule has 0 spiro atoms. The molecular weight excluding hydrogens is 271 g/mol. The molecule has 18 heavy (non-hydrogen) atoms. The van der Waals surface area contributed by atoms with Gasteiger partial charge in [0.1, 0.15) is 0 Å². The summed E-state index contributed by atoms with van der Waals surface area (Å²) in [5.74, 6) is 0. The molecule has 1 atom stereocenters. The number of nitrogens with one attached hydrogen (secondary N) is 1. The van der Waals surface area contributed by atoms with E-state index in [9.17, 15) is 5.11 Å². The van der Waals surface area contributed by atoms with Crippen molar-refractivity contribution < 1.29 is 5.11 Å². The van der Waals surface area contributed by atoms with Crippen molar-refractivity contribution in [3.63, 3.8) is 0 Å². The zero-order chi connectivity index (χ0) is 13.0. The summed E-state index contributed by atoms with van der Waals surface area (Å²) in [6.45, 7) is 3.38. The Labute approximate surface area is 118 Å². The molecule has 0 aromatic heterocycles. The number of nitrogens with zero attached hydrogens (tertiary/aromatic N) is 1. The van der Waals surface area contributed by atoms with Gasteiger partial charge >= 0.3 is 0 Å². The van der Waals surface area contributed by atoms with Crippen molar-refractivity contribution in [1.82, 2.24) is 4.90 Å². The largest absolute Gasteiger partial charge is 0.390 e. The lowest BCUT2D eigenvalue weighted by molar-refractivity contribution is 0.135. The average Bonchev–Trinajstić information content (AvgIpc) is 2.84. The number of halogens is 2. The lowest BCUT2D eigenvalue weighted by Crippen LogP contribution is -2.34. The van der Waals surface area contributed by atoms with Gasteiger partial charge < -0.3 is 15.3 Å². The van der Waals surface area contributed by atoms with Crippen LogP contribution in [0.25, 0.3) is 0 Å². The first-order valence-corrected chi connectivity index (χ1v) is 7.00. The molecule has 0 saturated carbocycles. The minimum Gasteiger partial charge on any atom is -0.390 e. The highest BCUT2D eigenvalue weighted by atomic mass is 35.5. The summed E-state index contributed by atoms with van der Waals surface area (Å²) in [5.41, 5.74) is 0.768. The molecular formula is C13H18Cl2N2O. The average molecular weight is 289 g/mol. The summed E-state index contributed by atoms with van der Waals surface area (Å²) in [7, 11) is 0. The highest BCUT2D eigenvalue weighted by Crippen LogP contribution is 2.29. The van der Waals surface area contributed by atoms with E-state index in [2.05, 4.69) is 10.2 Å². The number of rotatable bonds is 5. The molecule has 1 heterocycles. The van der Waals surface area contributed by atoms with E-state index in [-0.39, 0.29) is 0 Å². The monoisotopic (exact) mass is 288 g/mol. The summed E-state index contributed by atoms with van der Waals surface area (Å²) in [5, 5.41) is 14.1. The van der Waals surface area contributed by atoms with Gasteiger partial charge in [-0.15, -0.1) is 0 Å². The lowest BCUT2D eigenvalue weighted by Gasteiger charge is -2.20. The Morgan fingerprint density at radius 2 is 2.00 bits per heavy atom. The maximum atomic E-state index is 9.95. The van der Waals surface area contributed by atoms with Gasteiger partial charge in [-0.25, -0.2) is 0 Å². The van der Waals surface area contributed by atoms with Crippen LogP contribution in [0.15, 0.2) is 18.2 Å². The van der Waals surface area contributed by atoms with Crippen LogP contribution in [0.5, 0.6) is 0 Å². The maximum absolute atomic E-state index is 9.95. The van der Waals surface area contributed by atoms with E-state index in [1.54, 1.807) is 6.07 Å². The number of hydrogen-bond acceptors (Lipinski definition) is 3. The van der Waals surface area contributed by atoms with Gasteiger partial charge in [0.25, 0.3) is 0 Å². The predicted octanol–water partition coefficient (Wildman–Crippen LogP) is 2.86. The Morgan fingerprint density at radius 3 is 2.72 bits per heavy atom. The molecule has 1 unspecified atom stereocenters. The zero-order valence-corrected chi connectivity index (χ0v) is 11.7. The Bertz CT molecular complexity index is 395. The highest BCUT2D eigenvalue weighted by molar-refractivity contribution is 6.43. The van der Waals surface area contributed by atoms with Crippen molar-refractivity contribution in [3.05, 3.63) is 28.2 Å². The van der Waals surface area contributed by atoms with Crippen molar-refractivity contribution in [1.29, 1.82) is 0 Å². The number of benzene rings is 1. The fourth-order valence-corrected chi connectivity index (χ4v) is 2.56. The molecule has 0 amide bonds. The van der Waals surface area contributed by atoms with Crippen LogP contribution in [0.2, 0.25) is 10.0 Å². The Kier molecular flexibility index (Phi) is 5.13. The minimum atomic E-state index is -0.391. The van der Waals surface area contributed by atoms with Crippen LogP contribution in [0, 0.1) is 0 Å². The van der Waals surface area contributed by atoms with Gasteiger partial charge in [0.15, 0.2) is 0 Å². The Hall–Kier alpha value is -0.480. The van der Waals surface area contributed by atoms with E-state index in [4.69, 9.17) is 23.2 Å². The van der Waals surface area contributed by atoms with Crippen LogP contribution in [-0.2, 0) is 0 Å². The second-order valence-corrected chi connectivity index (χ2v) is 5.43. The highest BCUT2D eigenvalue weighted by Gasteiger charge is 2.15. The molecule has 100 valence electrons. The minimum absolute atomic E-state index is 0.391. The second-order valence-electron chi connectivity index (χ2n) is 4.64. The van der Waals surface area contributed by atoms with E-state index in [0.717, 1.165) is 18.8 Å². The van der Waals surface area contributed by atoms with Crippen LogP contribution < -0.4 is 5.32 Å². The second kappa shape index (κ2) is 6.62. The summed E-state index contributed by atoms with van der Waals surface area (Å²) in [4.78, 5) is 2.28. The van der Waals surface area contributed by atoms with E-state index in [1.165, 1.54) is 12.8 Å². The SMILES string of the molecule is OC(CNc1cccc(Cl)c1Cl)CN1CCCC1. The smallest absolute Gasteiger partial charge is 0.0839 e. The van der Waals surface area contributed by atoms with E-state index < -0.39 is 6.10 Å². The van der Waals surface area contributed by atoms with Crippen LogP contribution in [-0.4, -0.2) is 42.3 Å². The molecule has 2 rings (SSSR count). The topological polar surface area (TPSA) is 35.5 Å². The fourth-order valence-electron chi connectivity index (χ4n) is 2.20. The van der Waals surface area contributed by atoms with E-state index in [0.29, 0.717) is 23.1 Å². The van der Waals surface area contributed by atoms with Crippen LogP contribution in [0.1, 0.15) is 12.8 Å². The number of likely N-dealkylation sites (tertiary alicyclic amines) is 1. The van der Waals surface area contributed by atoms with Crippen molar-refractivity contribution in [3.8, 4) is 0 Å². The summed E-state index contributed by atoms with van der Waals surface area (Å²) in [6.07, 6.45) is 2.08. The third-order valence-electron chi connectivity index (χ3n) is 3.15. The fraction of sp³-hybridized carbons (Fsp3) is 0.538. The maximum Gasteiger partial charge on any atom is 0.0839 e. The quantitative estimate of drug-likeness (QED) is 0.875. The summed E-state index contributed by atoms with van der Waals surface area (Å²) >= 11 is 12.0. The predicted molar refractivity (Wildman–Crippen MR) is 76.6 cm³/mol. The van der Waals surface area contributed by atoms with E-state index in [1.807, 2.05) is 12.1 Å². The van der Waals surface area contributed by atoms with Gasteiger partial charge in [-0.05, 0) is 38.1 Å². The van der Waals surface area contributed by atoms with Crippen molar-refractivity contribution in [2.24, 2.45) is 0 Å². The van der Waals surface area contributed by atoms with Crippen LogP contribution in [0.4, 0.5) is 5.69 Å². The van der Waals surface area contributed by atoms with E-state index >= 15 is 0 Å². The van der Waals surface area contributed by atoms with Crippen molar-refractivity contribution in [2.75, 3.05) is 31.5 Å². The Morgan fingerprint density at radius 1 is 1.28 bits per heavy atom. The molecule has 0 aliphatic carbocycles. The molecule has 1 aliphatic heterocycles. The first-order valence-electron chi connectivity index (χ1n) is 6.25. The first kappa shape index (κ1) is 13.9. The molecule has 0 bridgehead atoms. The summed E-state index contributed by atoms with van der Waals surface area (Å²) in [6, 6.07) is 5.44. The van der Waals surface area contributed by atoms with Gasteiger partial charge in [-0.3, -0.25) is 0 Å². The lowest BCUT2D eigenvalue weighted by atomic mass is 10.3. The summed E-state index contributed by atoms with van der Waals surface area (Å²) < 4.78 is 0. The normalized spacial score (nSPS) is 17.9. The third kappa shape index (κ3) is 3.75. The van der Waals surface area contributed by atoms with Crippen LogP contribution >= 0.6 is 23.2 Å². The van der Waals surface area contributed by atoms with Gasteiger partial charge in [-0.2, -0.15) is 0 Å². The van der Waals surface area contributed by atoms with Gasteiger partial charge in [-0.1, -0.05) is 29.3 Å². The number of β-amino-alcohol motifs (C(OH)–C–C–N with tert-alkyl or cyclic N) is 1. The molecule has 1 aromatic carbocycles. The number of aliphatic hydroxyl groups is 1. The van der Waals surface area contributed by atoms with Crippen molar-refractivity contribution >= 4 is 28.9 Å². The first-order chi connectivity index (χ1) is 8.66.